The quantitative estimate of drug-likeness (QED) is 0.738. The number of carbonyl (C=O) groups excluding carboxylic acids is 2. The first kappa shape index (κ1) is 20.9. The van der Waals surface area contributed by atoms with Crippen LogP contribution >= 0.6 is 28.3 Å². The van der Waals surface area contributed by atoms with Crippen LogP contribution in [0.3, 0.4) is 0 Å². The number of likely N-dealkylation sites (N-methyl/N-ethyl adjacent to an activating group) is 1. The van der Waals surface area contributed by atoms with Gasteiger partial charge < -0.3 is 20.4 Å². The molecule has 1 unspecified atom stereocenters. The summed E-state index contributed by atoms with van der Waals surface area (Å²) in [6, 6.07) is 3.12. The maximum atomic E-state index is 12.0. The Labute approximate surface area is 145 Å². The number of halogens is 2. The molecule has 1 aromatic heterocycles. The third-order valence-corrected chi connectivity index (χ3v) is 3.34. The van der Waals surface area contributed by atoms with Gasteiger partial charge in [-0.3, -0.25) is 9.59 Å². The summed E-state index contributed by atoms with van der Waals surface area (Å²) in [6.07, 6.45) is 0.811. The summed E-state index contributed by atoms with van der Waals surface area (Å²) < 4.78 is 5.65. The van der Waals surface area contributed by atoms with Crippen molar-refractivity contribution in [2.45, 2.75) is 26.3 Å². The van der Waals surface area contributed by atoms with Crippen molar-refractivity contribution < 1.29 is 14.0 Å². The van der Waals surface area contributed by atoms with Crippen LogP contribution in [-0.2, 0) is 4.79 Å². The van der Waals surface area contributed by atoms with Crippen LogP contribution in [0, 0.1) is 5.92 Å². The van der Waals surface area contributed by atoms with E-state index in [1.165, 1.54) is 4.90 Å². The highest BCUT2D eigenvalue weighted by Crippen LogP contribution is 2.15. The number of hydrogen-bond acceptors (Lipinski definition) is 4. The zero-order valence-corrected chi connectivity index (χ0v) is 15.4. The van der Waals surface area contributed by atoms with Crippen molar-refractivity contribution >= 4 is 40.2 Å². The van der Waals surface area contributed by atoms with Gasteiger partial charge in [-0.25, -0.2) is 0 Å². The van der Waals surface area contributed by atoms with Crippen molar-refractivity contribution in [1.82, 2.24) is 10.2 Å². The molecule has 0 aliphatic rings. The molecule has 1 atom stereocenters. The third-order valence-electron chi connectivity index (χ3n) is 2.92. The first-order chi connectivity index (χ1) is 9.83. The van der Waals surface area contributed by atoms with Gasteiger partial charge in [-0.1, -0.05) is 13.8 Å². The number of nitrogens with two attached hydrogens (primary N) is 1. The fourth-order valence-electron chi connectivity index (χ4n) is 1.96. The van der Waals surface area contributed by atoms with Gasteiger partial charge in [0.25, 0.3) is 5.91 Å². The summed E-state index contributed by atoms with van der Waals surface area (Å²) in [5.74, 6) is 0.0602. The van der Waals surface area contributed by atoms with E-state index < -0.39 is 0 Å². The number of hydrogen-bond donors (Lipinski definition) is 2. The van der Waals surface area contributed by atoms with Crippen LogP contribution in [0.25, 0.3) is 0 Å². The van der Waals surface area contributed by atoms with Gasteiger partial charge in [-0.15, -0.1) is 12.4 Å². The molecule has 0 aromatic carbocycles. The van der Waals surface area contributed by atoms with E-state index in [4.69, 9.17) is 10.2 Å². The standard InChI is InChI=1S/C14H22BrN3O3.ClH/c1-9(2)6-10(7-16)17-13(19)8-18(3)14(20)11-4-5-12(15)21-11;/h4-5,9-10H,6-8,16H2,1-3H3,(H,17,19);1H. The summed E-state index contributed by atoms with van der Waals surface area (Å²) in [4.78, 5) is 25.3. The van der Waals surface area contributed by atoms with Crippen LogP contribution in [0.15, 0.2) is 21.2 Å². The Hall–Kier alpha value is -1.05. The Balaban J connectivity index is 0.00000441. The van der Waals surface area contributed by atoms with Crippen molar-refractivity contribution in [1.29, 1.82) is 0 Å². The highest BCUT2D eigenvalue weighted by Gasteiger charge is 2.19. The molecule has 0 bridgehead atoms. The van der Waals surface area contributed by atoms with Gasteiger partial charge in [0.1, 0.15) is 0 Å². The van der Waals surface area contributed by atoms with E-state index in [0.717, 1.165) is 6.42 Å². The smallest absolute Gasteiger partial charge is 0.289 e. The maximum Gasteiger partial charge on any atom is 0.289 e. The largest absolute Gasteiger partial charge is 0.444 e. The first-order valence-corrected chi connectivity index (χ1v) is 7.63. The minimum absolute atomic E-state index is 0. The lowest BCUT2D eigenvalue weighted by Crippen LogP contribution is -2.46. The zero-order chi connectivity index (χ0) is 16.0. The molecule has 0 aliphatic carbocycles. The number of nitrogens with one attached hydrogen (secondary N) is 1. The molecule has 126 valence electrons. The molecular weight excluding hydrogens is 374 g/mol. The second-order valence-electron chi connectivity index (χ2n) is 5.39. The average molecular weight is 397 g/mol. The summed E-state index contributed by atoms with van der Waals surface area (Å²) in [5.41, 5.74) is 5.64. The fourth-order valence-corrected chi connectivity index (χ4v) is 2.27. The molecule has 0 saturated heterocycles. The van der Waals surface area contributed by atoms with Crippen LogP contribution in [0.2, 0.25) is 0 Å². The van der Waals surface area contributed by atoms with Crippen molar-refractivity contribution in [3.8, 4) is 0 Å². The average Bonchev–Trinajstić information content (AvgIpc) is 2.82. The fraction of sp³-hybridized carbons (Fsp3) is 0.571. The minimum Gasteiger partial charge on any atom is -0.444 e. The van der Waals surface area contributed by atoms with Crippen molar-refractivity contribution in [2.24, 2.45) is 11.7 Å². The van der Waals surface area contributed by atoms with Gasteiger partial charge in [0.05, 0.1) is 6.54 Å². The summed E-state index contributed by atoms with van der Waals surface area (Å²) >= 11 is 3.13. The molecule has 0 fully saturated rings. The van der Waals surface area contributed by atoms with Crippen LogP contribution in [-0.4, -0.2) is 42.9 Å². The van der Waals surface area contributed by atoms with E-state index in [1.54, 1.807) is 19.2 Å². The van der Waals surface area contributed by atoms with Gasteiger partial charge in [0.2, 0.25) is 5.91 Å². The Kier molecular flexibility index (Phi) is 9.39. The van der Waals surface area contributed by atoms with E-state index in [-0.39, 0.29) is 42.6 Å². The molecule has 6 nitrogen and oxygen atoms in total. The molecule has 1 rings (SSSR count). The maximum absolute atomic E-state index is 12.0. The Morgan fingerprint density at radius 3 is 2.50 bits per heavy atom. The van der Waals surface area contributed by atoms with Crippen molar-refractivity contribution in [3.05, 3.63) is 22.6 Å². The topological polar surface area (TPSA) is 88.6 Å². The molecule has 8 heteroatoms. The number of rotatable bonds is 7. The van der Waals surface area contributed by atoms with Crippen LogP contribution in [0.1, 0.15) is 30.8 Å². The lowest BCUT2D eigenvalue weighted by molar-refractivity contribution is -0.122. The van der Waals surface area contributed by atoms with Gasteiger partial charge in [-0.2, -0.15) is 0 Å². The van der Waals surface area contributed by atoms with E-state index in [1.807, 2.05) is 0 Å². The van der Waals surface area contributed by atoms with Crippen molar-refractivity contribution in [2.75, 3.05) is 20.1 Å². The Bertz CT molecular complexity index is 493. The second-order valence-corrected chi connectivity index (χ2v) is 6.18. The van der Waals surface area contributed by atoms with Gasteiger partial charge in [0, 0.05) is 19.6 Å². The Morgan fingerprint density at radius 1 is 1.41 bits per heavy atom. The molecule has 1 aromatic rings. The van der Waals surface area contributed by atoms with Crippen LogP contribution < -0.4 is 11.1 Å². The molecule has 3 N–H and O–H groups in total. The minimum atomic E-state index is -0.344. The molecular formula is C14H23BrClN3O3. The molecule has 0 aliphatic heterocycles. The predicted octanol–water partition coefficient (Wildman–Crippen LogP) is 2.03. The molecule has 1 heterocycles. The Morgan fingerprint density at radius 2 is 2.05 bits per heavy atom. The number of nitrogens with zero attached hydrogens (tertiary/aromatic N) is 1. The normalized spacial score (nSPS) is 11.7. The predicted molar refractivity (Wildman–Crippen MR) is 91.1 cm³/mol. The second kappa shape index (κ2) is 9.86. The van der Waals surface area contributed by atoms with E-state index in [9.17, 15) is 9.59 Å². The summed E-state index contributed by atoms with van der Waals surface area (Å²) in [6.45, 7) is 4.48. The highest BCUT2D eigenvalue weighted by molar-refractivity contribution is 9.10. The van der Waals surface area contributed by atoms with Crippen LogP contribution in [0.5, 0.6) is 0 Å². The molecule has 0 saturated carbocycles. The third kappa shape index (κ3) is 6.81. The number of amides is 2. The molecule has 0 spiro atoms. The van der Waals surface area contributed by atoms with Crippen molar-refractivity contribution in [3.63, 3.8) is 0 Å². The van der Waals surface area contributed by atoms with Crippen LogP contribution in [0.4, 0.5) is 0 Å². The molecule has 0 radical (unpaired) electrons. The van der Waals surface area contributed by atoms with Gasteiger partial charge >= 0.3 is 0 Å². The summed E-state index contributed by atoms with van der Waals surface area (Å²) in [5, 5.41) is 2.84. The monoisotopic (exact) mass is 395 g/mol. The zero-order valence-electron chi connectivity index (χ0n) is 13.0. The lowest BCUT2D eigenvalue weighted by atomic mass is 10.0. The number of furan rings is 1. The first-order valence-electron chi connectivity index (χ1n) is 6.83. The van der Waals surface area contributed by atoms with E-state index >= 15 is 0 Å². The van der Waals surface area contributed by atoms with Gasteiger partial charge in [-0.05, 0) is 40.4 Å². The van der Waals surface area contributed by atoms with E-state index in [2.05, 4.69) is 35.1 Å². The van der Waals surface area contributed by atoms with E-state index in [0.29, 0.717) is 17.1 Å². The SMILES string of the molecule is CC(C)CC(CN)NC(=O)CN(C)C(=O)c1ccc(Br)o1.Cl. The molecule has 2 amide bonds. The molecule has 22 heavy (non-hydrogen) atoms. The highest BCUT2D eigenvalue weighted by atomic mass is 79.9. The number of carbonyl (C=O) groups is 2. The summed E-state index contributed by atoms with van der Waals surface area (Å²) in [7, 11) is 1.55. The lowest BCUT2D eigenvalue weighted by Gasteiger charge is -2.21. The van der Waals surface area contributed by atoms with Gasteiger partial charge in [0.15, 0.2) is 10.4 Å².